The molecule has 0 aliphatic heterocycles. The molecule has 12 heavy (non-hydrogen) atoms. The van der Waals surface area contributed by atoms with Crippen LogP contribution in [0, 0.1) is 12.8 Å². The van der Waals surface area contributed by atoms with E-state index in [1.807, 2.05) is 0 Å². The molecular formula is C12H18. The molecular weight excluding hydrogens is 144 g/mol. The molecule has 1 aromatic carbocycles. The lowest BCUT2D eigenvalue weighted by Crippen LogP contribution is -2.03. The van der Waals surface area contributed by atoms with Crippen LogP contribution in [0.5, 0.6) is 0 Å². The first-order chi connectivity index (χ1) is 5.63. The Labute approximate surface area is 75.6 Å². The van der Waals surface area contributed by atoms with Crippen LogP contribution in [0.3, 0.4) is 0 Å². The number of hydrogen-bond acceptors (Lipinski definition) is 0. The summed E-state index contributed by atoms with van der Waals surface area (Å²) in [6.07, 6.45) is 0. The highest BCUT2D eigenvalue weighted by molar-refractivity contribution is 5.28. The summed E-state index contributed by atoms with van der Waals surface area (Å²) in [4.78, 5) is 0. The molecule has 66 valence electrons. The van der Waals surface area contributed by atoms with Crippen LogP contribution in [0.1, 0.15) is 37.8 Å². The Morgan fingerprint density at radius 3 is 2.08 bits per heavy atom. The van der Waals surface area contributed by atoms with E-state index in [2.05, 4.69) is 52.0 Å². The Kier molecular flexibility index (Phi) is 2.91. The van der Waals surface area contributed by atoms with E-state index in [9.17, 15) is 0 Å². The minimum Gasteiger partial charge on any atom is -0.0622 e. The molecule has 0 heteroatoms. The molecule has 1 rings (SSSR count). The van der Waals surface area contributed by atoms with Gasteiger partial charge in [-0.25, -0.2) is 0 Å². The Morgan fingerprint density at radius 2 is 1.58 bits per heavy atom. The van der Waals surface area contributed by atoms with Crippen LogP contribution in [0.25, 0.3) is 0 Å². The number of aryl methyl sites for hydroxylation is 1. The van der Waals surface area contributed by atoms with Gasteiger partial charge in [0.1, 0.15) is 0 Å². The highest BCUT2D eigenvalue weighted by Gasteiger charge is 2.10. The summed E-state index contributed by atoms with van der Waals surface area (Å²) in [6.45, 7) is 9.04. The van der Waals surface area contributed by atoms with E-state index in [0.29, 0.717) is 5.92 Å². The molecule has 0 saturated carbocycles. The van der Waals surface area contributed by atoms with Crippen LogP contribution >= 0.6 is 0 Å². The zero-order valence-electron chi connectivity index (χ0n) is 8.46. The van der Waals surface area contributed by atoms with E-state index in [0.717, 1.165) is 5.92 Å². The third kappa shape index (κ3) is 1.88. The van der Waals surface area contributed by atoms with Crippen LogP contribution in [0.2, 0.25) is 0 Å². The second kappa shape index (κ2) is 3.75. The molecule has 0 amide bonds. The maximum Gasteiger partial charge on any atom is -0.0165 e. The summed E-state index contributed by atoms with van der Waals surface area (Å²) in [7, 11) is 0. The van der Waals surface area contributed by atoms with E-state index in [1.54, 1.807) is 0 Å². The van der Waals surface area contributed by atoms with Crippen molar-refractivity contribution in [2.24, 2.45) is 5.92 Å². The number of rotatable bonds is 2. The second-order valence-electron chi connectivity index (χ2n) is 3.89. The first-order valence-corrected chi connectivity index (χ1v) is 4.68. The lowest BCUT2D eigenvalue weighted by molar-refractivity contribution is 0.533. The Bertz CT molecular complexity index is 248. The van der Waals surface area contributed by atoms with Crippen LogP contribution < -0.4 is 0 Å². The molecule has 0 N–H and O–H groups in total. The summed E-state index contributed by atoms with van der Waals surface area (Å²) < 4.78 is 0. The van der Waals surface area contributed by atoms with E-state index in [4.69, 9.17) is 0 Å². The molecule has 1 unspecified atom stereocenters. The maximum absolute atomic E-state index is 2.30. The molecule has 0 heterocycles. The van der Waals surface area contributed by atoms with E-state index < -0.39 is 0 Å². The van der Waals surface area contributed by atoms with Gasteiger partial charge in [-0.05, 0) is 29.9 Å². The normalized spacial score (nSPS) is 13.4. The summed E-state index contributed by atoms with van der Waals surface area (Å²) in [5.74, 6) is 1.40. The summed E-state index contributed by atoms with van der Waals surface area (Å²) in [5.41, 5.74) is 2.91. The van der Waals surface area contributed by atoms with Crippen molar-refractivity contribution in [2.45, 2.75) is 33.6 Å². The van der Waals surface area contributed by atoms with Gasteiger partial charge in [-0.2, -0.15) is 0 Å². The SMILES string of the molecule is Cc1ccccc1C(C)C(C)C. The van der Waals surface area contributed by atoms with Crippen molar-refractivity contribution in [3.05, 3.63) is 35.4 Å². The van der Waals surface area contributed by atoms with Gasteiger partial charge in [0.15, 0.2) is 0 Å². The largest absolute Gasteiger partial charge is 0.0622 e. The highest BCUT2D eigenvalue weighted by atomic mass is 14.2. The third-order valence-corrected chi connectivity index (χ3v) is 2.68. The van der Waals surface area contributed by atoms with Gasteiger partial charge in [-0.15, -0.1) is 0 Å². The standard InChI is InChI=1S/C12H18/c1-9(2)11(4)12-8-6-5-7-10(12)3/h5-9,11H,1-4H3. The summed E-state index contributed by atoms with van der Waals surface area (Å²) in [6, 6.07) is 8.65. The molecule has 0 bridgehead atoms. The maximum atomic E-state index is 2.30. The van der Waals surface area contributed by atoms with Crippen molar-refractivity contribution >= 4 is 0 Å². The van der Waals surface area contributed by atoms with E-state index >= 15 is 0 Å². The fourth-order valence-corrected chi connectivity index (χ4v) is 1.46. The lowest BCUT2D eigenvalue weighted by Gasteiger charge is -2.17. The van der Waals surface area contributed by atoms with Crippen molar-refractivity contribution in [3.63, 3.8) is 0 Å². The number of hydrogen-bond donors (Lipinski definition) is 0. The van der Waals surface area contributed by atoms with Gasteiger partial charge in [0.2, 0.25) is 0 Å². The van der Waals surface area contributed by atoms with Gasteiger partial charge >= 0.3 is 0 Å². The Balaban J connectivity index is 2.94. The molecule has 0 radical (unpaired) electrons. The van der Waals surface area contributed by atoms with Crippen LogP contribution in [0.15, 0.2) is 24.3 Å². The van der Waals surface area contributed by atoms with Gasteiger partial charge in [-0.3, -0.25) is 0 Å². The smallest absolute Gasteiger partial charge is 0.0165 e. The molecule has 0 spiro atoms. The first-order valence-electron chi connectivity index (χ1n) is 4.68. The molecule has 0 nitrogen and oxygen atoms in total. The first kappa shape index (κ1) is 9.31. The second-order valence-corrected chi connectivity index (χ2v) is 3.89. The minimum atomic E-state index is 0.672. The monoisotopic (exact) mass is 162 g/mol. The predicted octanol–water partition coefficient (Wildman–Crippen LogP) is 3.75. The average Bonchev–Trinajstić information content (AvgIpc) is 2.04. The van der Waals surface area contributed by atoms with Crippen molar-refractivity contribution < 1.29 is 0 Å². The van der Waals surface area contributed by atoms with Crippen LogP contribution in [-0.4, -0.2) is 0 Å². The molecule has 0 aromatic heterocycles. The molecule has 1 atom stereocenters. The van der Waals surface area contributed by atoms with Gasteiger partial charge in [0, 0.05) is 0 Å². The van der Waals surface area contributed by atoms with Crippen LogP contribution in [-0.2, 0) is 0 Å². The van der Waals surface area contributed by atoms with Gasteiger partial charge < -0.3 is 0 Å². The summed E-state index contributed by atoms with van der Waals surface area (Å²) >= 11 is 0. The molecule has 0 aliphatic rings. The Hall–Kier alpha value is -0.780. The third-order valence-electron chi connectivity index (χ3n) is 2.68. The fourth-order valence-electron chi connectivity index (χ4n) is 1.46. The Morgan fingerprint density at radius 1 is 1.00 bits per heavy atom. The molecule has 0 saturated heterocycles. The average molecular weight is 162 g/mol. The molecule has 0 fully saturated rings. The molecule has 0 aliphatic carbocycles. The van der Waals surface area contributed by atoms with Crippen LogP contribution in [0.4, 0.5) is 0 Å². The minimum absolute atomic E-state index is 0.672. The van der Waals surface area contributed by atoms with Crippen molar-refractivity contribution in [2.75, 3.05) is 0 Å². The summed E-state index contributed by atoms with van der Waals surface area (Å²) in [5, 5.41) is 0. The quantitative estimate of drug-likeness (QED) is 0.621. The fraction of sp³-hybridized carbons (Fsp3) is 0.500. The highest BCUT2D eigenvalue weighted by Crippen LogP contribution is 2.25. The lowest BCUT2D eigenvalue weighted by atomic mass is 9.88. The van der Waals surface area contributed by atoms with E-state index in [-0.39, 0.29) is 0 Å². The van der Waals surface area contributed by atoms with Crippen molar-refractivity contribution in [1.29, 1.82) is 0 Å². The topological polar surface area (TPSA) is 0 Å². The van der Waals surface area contributed by atoms with E-state index in [1.165, 1.54) is 11.1 Å². The number of benzene rings is 1. The zero-order chi connectivity index (χ0) is 9.14. The predicted molar refractivity (Wildman–Crippen MR) is 54.4 cm³/mol. The van der Waals surface area contributed by atoms with Gasteiger partial charge in [0.25, 0.3) is 0 Å². The van der Waals surface area contributed by atoms with Gasteiger partial charge in [0.05, 0.1) is 0 Å². The molecule has 1 aromatic rings. The van der Waals surface area contributed by atoms with Crippen molar-refractivity contribution in [3.8, 4) is 0 Å². The van der Waals surface area contributed by atoms with Gasteiger partial charge in [-0.1, -0.05) is 45.0 Å². The zero-order valence-corrected chi connectivity index (χ0v) is 8.46. The van der Waals surface area contributed by atoms with Crippen molar-refractivity contribution in [1.82, 2.24) is 0 Å².